The Hall–Kier alpha value is -3.88. The molecule has 200 valence electrons. The summed E-state index contributed by atoms with van der Waals surface area (Å²) in [5, 5.41) is 0.671. The number of thiazole rings is 1. The summed E-state index contributed by atoms with van der Waals surface area (Å²) in [4.78, 5) is 32.3. The first-order valence-electron chi connectivity index (χ1n) is 12.5. The Morgan fingerprint density at radius 1 is 1.13 bits per heavy atom. The van der Waals surface area contributed by atoms with Crippen LogP contribution in [0.15, 0.2) is 75.7 Å². The standard InChI is InChI=1S/C30H28ClN3O4S/c1-6-38-29(36)26-18(3)32-30-34(27(26)23-9-7-8-10-24(23)37-5)28(35)25(39-30)16-20-15-17(2)33(19(20)4)22-13-11-21(31)12-14-22/h7-16,27H,6H2,1-5H3/b25-16-/t27-/m0/s1. The minimum Gasteiger partial charge on any atom is -0.496 e. The number of fused-ring (bicyclic) bond motifs is 1. The molecular formula is C30H28ClN3O4S. The quantitative estimate of drug-likeness (QED) is 0.315. The monoisotopic (exact) mass is 561 g/mol. The topological polar surface area (TPSA) is 74.8 Å². The summed E-state index contributed by atoms with van der Waals surface area (Å²) in [5.74, 6) is 0.0653. The minimum atomic E-state index is -0.736. The molecule has 2 aromatic carbocycles. The van der Waals surface area contributed by atoms with Gasteiger partial charge in [0.1, 0.15) is 11.8 Å². The van der Waals surface area contributed by atoms with Gasteiger partial charge in [-0.2, -0.15) is 0 Å². The summed E-state index contributed by atoms with van der Waals surface area (Å²) >= 11 is 7.39. The van der Waals surface area contributed by atoms with Crippen LogP contribution in [0, 0.1) is 13.8 Å². The third-order valence-corrected chi connectivity index (χ3v) is 8.03. The van der Waals surface area contributed by atoms with E-state index in [-0.39, 0.29) is 12.2 Å². The lowest BCUT2D eigenvalue weighted by Gasteiger charge is -2.25. The molecule has 2 aromatic heterocycles. The van der Waals surface area contributed by atoms with Crippen molar-refractivity contribution in [3.05, 3.63) is 113 Å². The lowest BCUT2D eigenvalue weighted by molar-refractivity contribution is -0.139. The number of hydrogen-bond acceptors (Lipinski definition) is 6. The van der Waals surface area contributed by atoms with Gasteiger partial charge in [0, 0.05) is 27.7 Å². The maximum atomic E-state index is 14.0. The number of aromatic nitrogens is 2. The number of carbonyl (C=O) groups excluding carboxylic acids is 1. The molecule has 0 N–H and O–H groups in total. The molecule has 5 rings (SSSR count). The van der Waals surface area contributed by atoms with Crippen LogP contribution in [0.5, 0.6) is 5.75 Å². The number of hydrogen-bond donors (Lipinski definition) is 0. The van der Waals surface area contributed by atoms with Crippen molar-refractivity contribution in [1.82, 2.24) is 9.13 Å². The highest BCUT2D eigenvalue weighted by atomic mass is 35.5. The third-order valence-electron chi connectivity index (χ3n) is 6.79. The molecule has 0 radical (unpaired) electrons. The molecule has 0 unspecified atom stereocenters. The van der Waals surface area contributed by atoms with Crippen molar-refractivity contribution in [1.29, 1.82) is 0 Å². The van der Waals surface area contributed by atoms with E-state index in [1.54, 1.807) is 25.5 Å². The number of allylic oxidation sites excluding steroid dienone is 1. The van der Waals surface area contributed by atoms with Crippen molar-refractivity contribution >= 4 is 35.0 Å². The molecule has 39 heavy (non-hydrogen) atoms. The second-order valence-electron chi connectivity index (χ2n) is 9.18. The molecule has 1 atom stereocenters. The Balaban J connectivity index is 1.71. The third kappa shape index (κ3) is 4.75. The predicted octanol–water partition coefficient (Wildman–Crippen LogP) is 4.87. The molecule has 9 heteroatoms. The number of aryl methyl sites for hydroxylation is 1. The molecule has 0 saturated heterocycles. The zero-order chi connectivity index (χ0) is 27.8. The lowest BCUT2D eigenvalue weighted by atomic mass is 9.95. The van der Waals surface area contributed by atoms with Gasteiger partial charge in [-0.15, -0.1) is 0 Å². The van der Waals surface area contributed by atoms with Gasteiger partial charge in [-0.25, -0.2) is 9.79 Å². The van der Waals surface area contributed by atoms with Crippen molar-refractivity contribution in [2.45, 2.75) is 33.7 Å². The highest BCUT2D eigenvalue weighted by Gasteiger charge is 2.35. The molecule has 0 amide bonds. The molecule has 3 heterocycles. The molecule has 0 aliphatic carbocycles. The molecular weight excluding hydrogens is 534 g/mol. The van der Waals surface area contributed by atoms with Gasteiger partial charge < -0.3 is 14.0 Å². The van der Waals surface area contributed by atoms with Crippen LogP contribution in [0.1, 0.15) is 42.4 Å². The smallest absolute Gasteiger partial charge is 0.338 e. The zero-order valence-electron chi connectivity index (χ0n) is 22.3. The van der Waals surface area contributed by atoms with Gasteiger partial charge in [0.15, 0.2) is 4.80 Å². The fourth-order valence-corrected chi connectivity index (χ4v) is 6.20. The van der Waals surface area contributed by atoms with Crippen LogP contribution in [0.2, 0.25) is 5.02 Å². The molecule has 1 aliphatic rings. The van der Waals surface area contributed by atoms with Crippen LogP contribution >= 0.6 is 22.9 Å². The molecule has 0 saturated carbocycles. The van der Waals surface area contributed by atoms with Gasteiger partial charge >= 0.3 is 5.97 Å². The van der Waals surface area contributed by atoms with Gasteiger partial charge in [-0.3, -0.25) is 9.36 Å². The van der Waals surface area contributed by atoms with Crippen LogP contribution in [-0.2, 0) is 9.53 Å². The molecule has 0 spiro atoms. The molecule has 0 bridgehead atoms. The summed E-state index contributed by atoms with van der Waals surface area (Å²) in [6.45, 7) is 7.78. The van der Waals surface area contributed by atoms with E-state index in [1.165, 1.54) is 11.3 Å². The van der Waals surface area contributed by atoms with Crippen molar-refractivity contribution < 1.29 is 14.3 Å². The van der Waals surface area contributed by atoms with Crippen LogP contribution in [0.4, 0.5) is 0 Å². The molecule has 1 aliphatic heterocycles. The van der Waals surface area contributed by atoms with E-state index < -0.39 is 12.0 Å². The van der Waals surface area contributed by atoms with Crippen LogP contribution in [-0.4, -0.2) is 28.8 Å². The summed E-state index contributed by atoms with van der Waals surface area (Å²) in [6, 6.07) is 16.3. The number of ether oxygens (including phenoxy) is 2. The number of carbonyl (C=O) groups is 1. The fourth-order valence-electron chi connectivity index (χ4n) is 5.04. The second kappa shape index (κ2) is 10.7. The number of esters is 1. The van der Waals surface area contributed by atoms with Crippen molar-refractivity contribution in [3.8, 4) is 11.4 Å². The minimum absolute atomic E-state index is 0.210. The SMILES string of the molecule is CCOC(=O)C1=C(C)N=c2s/c(=C\c3cc(C)n(-c4ccc(Cl)cc4)c3C)c(=O)n2[C@H]1c1ccccc1OC. The van der Waals surface area contributed by atoms with Crippen molar-refractivity contribution in [3.63, 3.8) is 0 Å². The van der Waals surface area contributed by atoms with E-state index in [4.69, 9.17) is 21.1 Å². The summed E-state index contributed by atoms with van der Waals surface area (Å²) in [5.41, 5.74) is 5.21. The highest BCUT2D eigenvalue weighted by molar-refractivity contribution is 7.07. The summed E-state index contributed by atoms with van der Waals surface area (Å²) in [6.07, 6.45) is 1.89. The van der Waals surface area contributed by atoms with E-state index in [1.807, 2.05) is 68.5 Å². The Labute approximate surface area is 234 Å². The number of methoxy groups -OCH3 is 1. The first kappa shape index (κ1) is 26.7. The Bertz CT molecular complexity index is 1790. The van der Waals surface area contributed by atoms with Crippen LogP contribution in [0.25, 0.3) is 11.8 Å². The van der Waals surface area contributed by atoms with Gasteiger partial charge in [-0.1, -0.05) is 41.1 Å². The maximum Gasteiger partial charge on any atom is 0.338 e. The van der Waals surface area contributed by atoms with Gasteiger partial charge in [-0.05, 0) is 75.7 Å². The van der Waals surface area contributed by atoms with Gasteiger partial charge in [0.05, 0.1) is 29.5 Å². The van der Waals surface area contributed by atoms with Crippen molar-refractivity contribution in [2.75, 3.05) is 13.7 Å². The number of halogens is 1. The van der Waals surface area contributed by atoms with E-state index in [0.29, 0.717) is 36.9 Å². The summed E-state index contributed by atoms with van der Waals surface area (Å²) in [7, 11) is 1.57. The predicted molar refractivity (Wildman–Crippen MR) is 154 cm³/mol. The molecule has 0 fully saturated rings. The van der Waals surface area contributed by atoms with Crippen molar-refractivity contribution in [2.24, 2.45) is 4.99 Å². The second-order valence-corrected chi connectivity index (χ2v) is 10.6. The Morgan fingerprint density at radius 3 is 2.54 bits per heavy atom. The summed E-state index contributed by atoms with van der Waals surface area (Å²) < 4.78 is 15.2. The molecule has 7 nitrogen and oxygen atoms in total. The van der Waals surface area contributed by atoms with Gasteiger partial charge in [0.2, 0.25) is 0 Å². The normalized spacial score (nSPS) is 15.2. The largest absolute Gasteiger partial charge is 0.496 e. The van der Waals surface area contributed by atoms with Crippen LogP contribution < -0.4 is 19.6 Å². The number of rotatable bonds is 6. The van der Waals surface area contributed by atoms with Crippen LogP contribution in [0.3, 0.4) is 0 Å². The van der Waals surface area contributed by atoms with E-state index >= 15 is 0 Å². The van der Waals surface area contributed by atoms with Gasteiger partial charge in [0.25, 0.3) is 5.56 Å². The first-order chi connectivity index (χ1) is 18.7. The first-order valence-corrected chi connectivity index (χ1v) is 13.7. The Kier molecular flexibility index (Phi) is 7.34. The number of nitrogens with zero attached hydrogens (tertiary/aromatic N) is 3. The average Bonchev–Trinajstić information content (AvgIpc) is 3.37. The number of benzene rings is 2. The Morgan fingerprint density at radius 2 is 1.85 bits per heavy atom. The average molecular weight is 562 g/mol. The van der Waals surface area contributed by atoms with E-state index in [0.717, 1.165) is 22.6 Å². The maximum absolute atomic E-state index is 14.0. The fraction of sp³-hybridized carbons (Fsp3) is 0.233. The molecule has 4 aromatic rings. The highest BCUT2D eigenvalue weighted by Crippen LogP contribution is 2.35. The number of para-hydroxylation sites is 1. The zero-order valence-corrected chi connectivity index (χ0v) is 23.9. The van der Waals surface area contributed by atoms with E-state index in [9.17, 15) is 9.59 Å². The lowest BCUT2D eigenvalue weighted by Crippen LogP contribution is -2.40. The van der Waals surface area contributed by atoms with E-state index in [2.05, 4.69) is 15.6 Å².